The van der Waals surface area contributed by atoms with Crippen LogP contribution in [0, 0.1) is 6.92 Å². The quantitative estimate of drug-likeness (QED) is 0.495. The van der Waals surface area contributed by atoms with E-state index in [1.807, 2.05) is 19.1 Å². The summed E-state index contributed by atoms with van der Waals surface area (Å²) in [5.41, 5.74) is 1.59. The SMILES string of the molecule is COOC(=O)c1ccc(C)cc1. The van der Waals surface area contributed by atoms with Gasteiger partial charge in [-0.25, -0.2) is 4.79 Å². The molecule has 1 rings (SSSR count). The fraction of sp³-hybridized carbons (Fsp3) is 0.222. The van der Waals surface area contributed by atoms with Crippen molar-refractivity contribution in [3.63, 3.8) is 0 Å². The smallest absolute Gasteiger partial charge is 0.293 e. The van der Waals surface area contributed by atoms with Gasteiger partial charge in [-0.15, -0.1) is 0 Å². The lowest BCUT2D eigenvalue weighted by Gasteiger charge is -1.99. The summed E-state index contributed by atoms with van der Waals surface area (Å²) in [4.78, 5) is 19.6. The third-order valence-electron chi connectivity index (χ3n) is 1.45. The fourth-order valence-electron chi connectivity index (χ4n) is 0.813. The number of benzene rings is 1. The number of hydrogen-bond acceptors (Lipinski definition) is 3. The van der Waals surface area contributed by atoms with Gasteiger partial charge in [-0.3, -0.25) is 4.89 Å². The number of hydrogen-bond donors (Lipinski definition) is 0. The van der Waals surface area contributed by atoms with Crippen LogP contribution in [-0.4, -0.2) is 13.1 Å². The number of carbonyl (C=O) groups is 1. The second-order valence-corrected chi connectivity index (χ2v) is 2.40. The van der Waals surface area contributed by atoms with E-state index in [0.29, 0.717) is 5.56 Å². The molecule has 3 nitrogen and oxygen atoms in total. The van der Waals surface area contributed by atoms with Crippen molar-refractivity contribution in [2.24, 2.45) is 0 Å². The lowest BCUT2D eigenvalue weighted by atomic mass is 10.2. The molecular formula is C9H10O3. The van der Waals surface area contributed by atoms with Crippen LogP contribution < -0.4 is 0 Å². The van der Waals surface area contributed by atoms with E-state index in [0.717, 1.165) is 5.56 Å². The zero-order chi connectivity index (χ0) is 8.97. The fourth-order valence-corrected chi connectivity index (χ4v) is 0.813. The summed E-state index contributed by atoms with van der Waals surface area (Å²) in [6.07, 6.45) is 0. The predicted molar refractivity (Wildman–Crippen MR) is 43.6 cm³/mol. The van der Waals surface area contributed by atoms with Crippen molar-refractivity contribution in [3.05, 3.63) is 35.4 Å². The van der Waals surface area contributed by atoms with Crippen molar-refractivity contribution in [2.45, 2.75) is 6.92 Å². The molecular weight excluding hydrogens is 156 g/mol. The van der Waals surface area contributed by atoms with Gasteiger partial charge in [0.05, 0.1) is 12.7 Å². The van der Waals surface area contributed by atoms with Gasteiger partial charge < -0.3 is 0 Å². The average molecular weight is 166 g/mol. The summed E-state index contributed by atoms with van der Waals surface area (Å²) in [5.74, 6) is -0.475. The summed E-state index contributed by atoms with van der Waals surface area (Å²) in [5, 5.41) is 0. The molecule has 0 saturated heterocycles. The summed E-state index contributed by atoms with van der Waals surface area (Å²) in [6.45, 7) is 1.95. The first-order valence-electron chi connectivity index (χ1n) is 3.55. The minimum atomic E-state index is -0.475. The maximum absolute atomic E-state index is 11.0. The van der Waals surface area contributed by atoms with Gasteiger partial charge in [-0.05, 0) is 19.1 Å². The highest BCUT2D eigenvalue weighted by atomic mass is 17.2. The van der Waals surface area contributed by atoms with E-state index in [-0.39, 0.29) is 0 Å². The Labute approximate surface area is 70.8 Å². The highest BCUT2D eigenvalue weighted by molar-refractivity contribution is 5.88. The van der Waals surface area contributed by atoms with Crippen LogP contribution in [0.1, 0.15) is 15.9 Å². The van der Waals surface area contributed by atoms with Crippen molar-refractivity contribution in [1.82, 2.24) is 0 Å². The van der Waals surface area contributed by atoms with Crippen LogP contribution in [0.3, 0.4) is 0 Å². The summed E-state index contributed by atoms with van der Waals surface area (Å²) in [7, 11) is 1.30. The minimum absolute atomic E-state index is 0.475. The molecule has 0 aliphatic heterocycles. The molecule has 0 atom stereocenters. The molecule has 0 spiro atoms. The molecule has 0 aromatic heterocycles. The van der Waals surface area contributed by atoms with E-state index in [2.05, 4.69) is 9.78 Å². The van der Waals surface area contributed by atoms with Crippen LogP contribution in [0.2, 0.25) is 0 Å². The van der Waals surface area contributed by atoms with Crippen LogP contribution >= 0.6 is 0 Å². The normalized spacial score (nSPS) is 9.50. The van der Waals surface area contributed by atoms with E-state index in [4.69, 9.17) is 0 Å². The first kappa shape index (κ1) is 8.74. The zero-order valence-electron chi connectivity index (χ0n) is 7.03. The number of aryl methyl sites for hydroxylation is 1. The maximum atomic E-state index is 11.0. The number of rotatable bonds is 2. The minimum Gasteiger partial charge on any atom is -0.293 e. The van der Waals surface area contributed by atoms with Gasteiger partial charge in [0.25, 0.3) is 0 Å². The van der Waals surface area contributed by atoms with Crippen molar-refractivity contribution in [2.75, 3.05) is 7.11 Å². The molecule has 0 fully saturated rings. The van der Waals surface area contributed by atoms with Crippen molar-refractivity contribution < 1.29 is 14.6 Å². The third kappa shape index (κ3) is 2.07. The zero-order valence-corrected chi connectivity index (χ0v) is 7.03. The Balaban J connectivity index is 2.75. The summed E-state index contributed by atoms with van der Waals surface area (Å²) < 4.78 is 0. The lowest BCUT2D eigenvalue weighted by Crippen LogP contribution is -2.03. The molecule has 0 radical (unpaired) electrons. The molecule has 64 valence electrons. The molecule has 0 unspecified atom stereocenters. The van der Waals surface area contributed by atoms with Gasteiger partial charge in [-0.1, -0.05) is 17.7 Å². The van der Waals surface area contributed by atoms with Crippen molar-refractivity contribution >= 4 is 5.97 Å². The molecule has 1 aromatic carbocycles. The van der Waals surface area contributed by atoms with E-state index in [9.17, 15) is 4.79 Å². The molecule has 3 heteroatoms. The first-order valence-corrected chi connectivity index (χ1v) is 3.55. The second kappa shape index (κ2) is 3.88. The standard InChI is InChI=1S/C9H10O3/c1-7-3-5-8(6-4-7)9(10)12-11-2/h3-6H,1-2H3. The molecule has 0 aliphatic rings. The Kier molecular flexibility index (Phi) is 2.82. The van der Waals surface area contributed by atoms with E-state index < -0.39 is 5.97 Å². The van der Waals surface area contributed by atoms with Crippen LogP contribution in [0.4, 0.5) is 0 Å². The Morgan fingerprint density at radius 1 is 1.25 bits per heavy atom. The third-order valence-corrected chi connectivity index (χ3v) is 1.45. The van der Waals surface area contributed by atoms with Gasteiger partial charge in [0.2, 0.25) is 0 Å². The van der Waals surface area contributed by atoms with Gasteiger partial charge >= 0.3 is 5.97 Å². The second-order valence-electron chi connectivity index (χ2n) is 2.40. The molecule has 0 heterocycles. The van der Waals surface area contributed by atoms with Gasteiger partial charge in [0, 0.05) is 0 Å². The van der Waals surface area contributed by atoms with Crippen LogP contribution in [0.25, 0.3) is 0 Å². The topological polar surface area (TPSA) is 35.5 Å². The Morgan fingerprint density at radius 2 is 1.83 bits per heavy atom. The Morgan fingerprint density at radius 3 is 2.33 bits per heavy atom. The van der Waals surface area contributed by atoms with Gasteiger partial charge in [0.15, 0.2) is 0 Å². The molecule has 12 heavy (non-hydrogen) atoms. The molecule has 0 N–H and O–H groups in total. The highest BCUT2D eigenvalue weighted by Crippen LogP contribution is 2.04. The van der Waals surface area contributed by atoms with Crippen molar-refractivity contribution in [3.8, 4) is 0 Å². The number of carbonyl (C=O) groups excluding carboxylic acids is 1. The Hall–Kier alpha value is -1.35. The molecule has 0 amide bonds. The van der Waals surface area contributed by atoms with E-state index in [1.165, 1.54) is 7.11 Å². The van der Waals surface area contributed by atoms with Crippen molar-refractivity contribution in [1.29, 1.82) is 0 Å². The summed E-state index contributed by atoms with van der Waals surface area (Å²) >= 11 is 0. The van der Waals surface area contributed by atoms with Gasteiger partial charge in [-0.2, -0.15) is 4.89 Å². The average Bonchev–Trinajstić information content (AvgIpc) is 2.06. The van der Waals surface area contributed by atoms with Gasteiger partial charge in [0.1, 0.15) is 0 Å². The van der Waals surface area contributed by atoms with Crippen LogP contribution in [0.15, 0.2) is 24.3 Å². The van der Waals surface area contributed by atoms with Crippen LogP contribution in [0.5, 0.6) is 0 Å². The van der Waals surface area contributed by atoms with E-state index in [1.54, 1.807) is 12.1 Å². The molecule has 0 saturated carbocycles. The van der Waals surface area contributed by atoms with E-state index >= 15 is 0 Å². The largest absolute Gasteiger partial charge is 0.373 e. The lowest BCUT2D eigenvalue weighted by molar-refractivity contribution is -0.216. The maximum Gasteiger partial charge on any atom is 0.373 e. The first-order chi connectivity index (χ1) is 5.74. The summed E-state index contributed by atoms with van der Waals surface area (Å²) in [6, 6.07) is 7.06. The van der Waals surface area contributed by atoms with Crippen LogP contribution in [-0.2, 0) is 9.78 Å². The highest BCUT2D eigenvalue weighted by Gasteiger charge is 2.05. The molecule has 0 bridgehead atoms. The Bertz CT molecular complexity index is 264. The molecule has 0 aliphatic carbocycles. The monoisotopic (exact) mass is 166 g/mol. The predicted octanol–water partition coefficient (Wildman–Crippen LogP) is 1.71. The molecule has 1 aromatic rings.